The lowest BCUT2D eigenvalue weighted by molar-refractivity contribution is -0.155. The number of ether oxygens (including phenoxy) is 2. The molecule has 1 aliphatic rings. The lowest BCUT2D eigenvalue weighted by Gasteiger charge is -2.33. The van der Waals surface area contributed by atoms with Crippen molar-refractivity contribution in [1.82, 2.24) is 14.6 Å². The number of aliphatic hydroxyl groups excluding tert-OH is 1. The Kier molecular flexibility index (Phi) is 8.94. The molecule has 12 nitrogen and oxygen atoms in total. The van der Waals surface area contributed by atoms with E-state index in [0.29, 0.717) is 4.57 Å². The summed E-state index contributed by atoms with van der Waals surface area (Å²) in [4.78, 5) is 37.7. The van der Waals surface area contributed by atoms with Crippen LogP contribution in [0.4, 0.5) is 8.78 Å². The smallest absolute Gasteiger partial charge is 0.459 e. The summed E-state index contributed by atoms with van der Waals surface area (Å²) >= 11 is 0. The number of aliphatic hydroxyl groups is 1. The van der Waals surface area contributed by atoms with Gasteiger partial charge in [0.25, 0.3) is 5.56 Å². The maximum Gasteiger partial charge on any atom is 0.459 e. The summed E-state index contributed by atoms with van der Waals surface area (Å²) in [6.07, 6.45) is -3.46. The third-order valence-electron chi connectivity index (χ3n) is 5.93. The summed E-state index contributed by atoms with van der Waals surface area (Å²) in [6.45, 7) is 3.71. The lowest BCUT2D eigenvalue weighted by atomic mass is 9.80. The van der Waals surface area contributed by atoms with Crippen LogP contribution in [0.15, 0.2) is 52.2 Å². The summed E-state index contributed by atoms with van der Waals surface area (Å²) in [5.41, 5.74) is -4.26. The van der Waals surface area contributed by atoms with Gasteiger partial charge in [-0.3, -0.25) is 23.7 Å². The molecule has 3 N–H and O–H groups in total. The molecule has 3 rings (SSSR count). The quantitative estimate of drug-likeness (QED) is 0.274. The molecule has 1 aliphatic heterocycles. The molecule has 0 amide bonds. The maximum atomic E-state index is 15.5. The molecule has 210 valence electrons. The number of H-pyrrole nitrogens is 1. The van der Waals surface area contributed by atoms with Crippen LogP contribution in [0.3, 0.4) is 0 Å². The van der Waals surface area contributed by atoms with E-state index >= 15 is 8.78 Å². The third-order valence-corrected chi connectivity index (χ3v) is 7.57. The van der Waals surface area contributed by atoms with Crippen LogP contribution in [-0.4, -0.2) is 58.0 Å². The lowest BCUT2D eigenvalue weighted by Crippen LogP contribution is -2.49. The first-order valence-corrected chi connectivity index (χ1v) is 13.2. The van der Waals surface area contributed by atoms with E-state index in [-0.39, 0.29) is 5.75 Å². The number of rotatable bonds is 11. The van der Waals surface area contributed by atoms with Crippen molar-refractivity contribution in [3.63, 3.8) is 0 Å². The fraction of sp³-hybridized carbons (Fsp3) is 0.522. The SMILES string of the molecule is CC(C)OC(=O)[C@H](C)NP(=O)(OC[C@H]1O[C@@H](n2ccc(=O)[nH]c2=O)C(F)(F)C1(C)CO)Oc1ccccc1. The summed E-state index contributed by atoms with van der Waals surface area (Å²) < 4.78 is 66.7. The number of aromatic amines is 1. The minimum Gasteiger partial charge on any atom is -0.462 e. The van der Waals surface area contributed by atoms with Gasteiger partial charge in [-0.2, -0.15) is 5.09 Å². The number of nitrogens with zero attached hydrogens (tertiary/aromatic N) is 1. The summed E-state index contributed by atoms with van der Waals surface area (Å²) in [5.74, 6) is -4.51. The van der Waals surface area contributed by atoms with Gasteiger partial charge in [0, 0.05) is 12.3 Å². The van der Waals surface area contributed by atoms with Crippen LogP contribution in [0, 0.1) is 5.41 Å². The third kappa shape index (κ3) is 6.21. The summed E-state index contributed by atoms with van der Waals surface area (Å²) in [5, 5.41) is 12.4. The van der Waals surface area contributed by atoms with Gasteiger partial charge in [-0.1, -0.05) is 18.2 Å². The van der Waals surface area contributed by atoms with Crippen molar-refractivity contribution in [3.8, 4) is 5.75 Å². The zero-order valence-electron chi connectivity index (χ0n) is 21.1. The largest absolute Gasteiger partial charge is 0.462 e. The molecule has 0 aliphatic carbocycles. The van der Waals surface area contributed by atoms with Gasteiger partial charge in [-0.15, -0.1) is 0 Å². The van der Waals surface area contributed by atoms with Crippen LogP contribution < -0.4 is 20.9 Å². The molecule has 2 unspecified atom stereocenters. The Morgan fingerprint density at radius 2 is 1.89 bits per heavy atom. The second-order valence-corrected chi connectivity index (χ2v) is 10.9. The van der Waals surface area contributed by atoms with Crippen LogP contribution in [0.25, 0.3) is 0 Å². The Balaban J connectivity index is 1.89. The monoisotopic (exact) mass is 561 g/mol. The highest BCUT2D eigenvalue weighted by molar-refractivity contribution is 7.52. The number of hydrogen-bond acceptors (Lipinski definition) is 9. The fourth-order valence-electron chi connectivity index (χ4n) is 3.67. The Bertz CT molecular complexity index is 1290. The van der Waals surface area contributed by atoms with Gasteiger partial charge in [0.1, 0.15) is 11.8 Å². The van der Waals surface area contributed by atoms with E-state index in [9.17, 15) is 24.1 Å². The predicted molar refractivity (Wildman–Crippen MR) is 130 cm³/mol. The molecule has 0 bridgehead atoms. The van der Waals surface area contributed by atoms with Gasteiger partial charge in [-0.25, -0.2) is 18.1 Å². The van der Waals surface area contributed by atoms with E-state index in [0.717, 1.165) is 19.2 Å². The molecule has 0 spiro atoms. The molecule has 1 saturated heterocycles. The second-order valence-electron chi connectivity index (χ2n) is 9.23. The summed E-state index contributed by atoms with van der Waals surface area (Å²) in [7, 11) is -4.44. The van der Waals surface area contributed by atoms with Gasteiger partial charge in [0.2, 0.25) is 6.23 Å². The number of para-hydroxylation sites is 1. The van der Waals surface area contributed by atoms with Gasteiger partial charge >= 0.3 is 25.3 Å². The Hall–Kier alpha value is -2.90. The number of aromatic nitrogens is 2. The van der Waals surface area contributed by atoms with Crippen LogP contribution >= 0.6 is 7.75 Å². The van der Waals surface area contributed by atoms with E-state index in [1.54, 1.807) is 32.0 Å². The molecule has 38 heavy (non-hydrogen) atoms. The average molecular weight is 561 g/mol. The molecule has 0 radical (unpaired) electrons. The van der Waals surface area contributed by atoms with E-state index in [1.165, 1.54) is 19.1 Å². The van der Waals surface area contributed by atoms with Gasteiger partial charge in [0.15, 0.2) is 0 Å². The normalized spacial score (nSPS) is 25.1. The number of carbonyl (C=O) groups is 1. The Morgan fingerprint density at radius 1 is 1.24 bits per heavy atom. The van der Waals surface area contributed by atoms with Crippen molar-refractivity contribution in [2.24, 2.45) is 5.41 Å². The second kappa shape index (κ2) is 11.5. The molecule has 1 aromatic carbocycles. The van der Waals surface area contributed by atoms with E-state index in [1.807, 2.05) is 4.98 Å². The topological polar surface area (TPSA) is 158 Å². The fourth-order valence-corrected chi connectivity index (χ4v) is 5.16. The van der Waals surface area contributed by atoms with Crippen molar-refractivity contribution in [1.29, 1.82) is 0 Å². The Morgan fingerprint density at radius 3 is 2.47 bits per heavy atom. The van der Waals surface area contributed by atoms with Crippen molar-refractivity contribution in [3.05, 3.63) is 63.4 Å². The number of hydrogen-bond donors (Lipinski definition) is 3. The molecule has 1 aromatic heterocycles. The molecular formula is C23H30F2N3O9P. The predicted octanol–water partition coefficient (Wildman–Crippen LogP) is 2.20. The van der Waals surface area contributed by atoms with E-state index < -0.39 is 74.0 Å². The van der Waals surface area contributed by atoms with Crippen LogP contribution in [0.2, 0.25) is 0 Å². The molecule has 15 heteroatoms. The highest BCUT2D eigenvalue weighted by Gasteiger charge is 2.67. The first-order chi connectivity index (χ1) is 17.7. The number of carbonyl (C=O) groups excluding carboxylic acids is 1. The number of alkyl halides is 2. The van der Waals surface area contributed by atoms with Crippen molar-refractivity contribution < 1.29 is 41.8 Å². The average Bonchev–Trinajstić information content (AvgIpc) is 3.03. The molecule has 2 aromatic rings. The highest BCUT2D eigenvalue weighted by atomic mass is 31.2. The van der Waals surface area contributed by atoms with Crippen LogP contribution in [0.5, 0.6) is 5.75 Å². The zero-order chi connectivity index (χ0) is 28.3. The minimum atomic E-state index is -4.44. The van der Waals surface area contributed by atoms with E-state index in [2.05, 4.69) is 5.09 Å². The zero-order valence-corrected chi connectivity index (χ0v) is 22.0. The van der Waals surface area contributed by atoms with Gasteiger partial charge in [-0.05, 0) is 39.8 Å². The van der Waals surface area contributed by atoms with Gasteiger partial charge < -0.3 is 19.1 Å². The van der Waals surface area contributed by atoms with Crippen LogP contribution in [-0.2, 0) is 23.4 Å². The van der Waals surface area contributed by atoms with Crippen molar-refractivity contribution in [2.75, 3.05) is 13.2 Å². The number of halogens is 2. The molecule has 1 fully saturated rings. The standard InChI is InChI=1S/C23H30F2N3O9P/c1-14(2)35-19(31)15(3)27-38(33,37-16-8-6-5-7-9-16)34-12-17-22(4,13-29)23(24,25)20(36-17)28-11-10-18(30)26-21(28)32/h5-11,14-15,17,20,29H,12-13H2,1-4H3,(H,27,33)(H,26,30,32)/t15-,17+,20+,22?,38?/m0/s1. The van der Waals surface area contributed by atoms with E-state index in [4.69, 9.17) is 18.5 Å². The molecule has 2 heterocycles. The first kappa shape index (κ1) is 29.7. The maximum absolute atomic E-state index is 15.5. The number of benzene rings is 1. The minimum absolute atomic E-state index is 0.0908. The number of nitrogens with one attached hydrogen (secondary N) is 2. The van der Waals surface area contributed by atoms with Gasteiger partial charge in [0.05, 0.1) is 30.8 Å². The Labute approximate surface area is 216 Å². The number of esters is 1. The molecule has 0 saturated carbocycles. The first-order valence-electron chi connectivity index (χ1n) is 11.7. The summed E-state index contributed by atoms with van der Waals surface area (Å²) in [6, 6.07) is 7.46. The van der Waals surface area contributed by atoms with Crippen LogP contribution in [0.1, 0.15) is 33.9 Å². The molecular weight excluding hydrogens is 531 g/mol. The highest BCUT2D eigenvalue weighted by Crippen LogP contribution is 2.55. The van der Waals surface area contributed by atoms with Crippen molar-refractivity contribution in [2.45, 2.75) is 58.1 Å². The van der Waals surface area contributed by atoms with Crippen molar-refractivity contribution >= 4 is 13.7 Å². The molecule has 5 atom stereocenters.